The molecular formula is C14H22N2O2S. The zero-order valence-corrected chi connectivity index (χ0v) is 12.6. The lowest BCUT2D eigenvalue weighted by Gasteiger charge is -2.39. The molecule has 106 valence electrons. The van der Waals surface area contributed by atoms with Crippen molar-refractivity contribution in [3.05, 3.63) is 21.4 Å². The summed E-state index contributed by atoms with van der Waals surface area (Å²) in [5.41, 5.74) is 4.57. The summed E-state index contributed by atoms with van der Waals surface area (Å²) in [7, 11) is 0. The summed E-state index contributed by atoms with van der Waals surface area (Å²) >= 11 is 1.35. The normalized spacial score (nSPS) is 24.6. The van der Waals surface area contributed by atoms with Gasteiger partial charge in [-0.05, 0) is 45.2 Å². The number of carboxylic acids is 1. The Balaban J connectivity index is 1.99. The smallest absolute Gasteiger partial charge is 0.345 e. The molecule has 0 amide bonds. The fourth-order valence-electron chi connectivity index (χ4n) is 2.71. The van der Waals surface area contributed by atoms with E-state index < -0.39 is 5.97 Å². The molecular weight excluding hydrogens is 260 g/mol. The second kappa shape index (κ2) is 6.03. The third kappa shape index (κ3) is 3.35. The molecule has 1 fully saturated rings. The molecule has 1 aliphatic rings. The Bertz CT molecular complexity index is 448. The summed E-state index contributed by atoms with van der Waals surface area (Å²) in [6, 6.07) is 2.87. The molecule has 2 rings (SSSR count). The van der Waals surface area contributed by atoms with Crippen LogP contribution in [0.15, 0.2) is 6.07 Å². The van der Waals surface area contributed by atoms with Gasteiger partial charge in [0.25, 0.3) is 0 Å². The van der Waals surface area contributed by atoms with Crippen LogP contribution in [0.2, 0.25) is 0 Å². The topological polar surface area (TPSA) is 52.6 Å². The van der Waals surface area contributed by atoms with Gasteiger partial charge in [0.1, 0.15) is 4.88 Å². The predicted molar refractivity (Wildman–Crippen MR) is 77.5 cm³/mol. The van der Waals surface area contributed by atoms with E-state index in [1.807, 2.05) is 6.92 Å². The molecule has 2 atom stereocenters. The van der Waals surface area contributed by atoms with Crippen LogP contribution >= 0.6 is 11.3 Å². The Morgan fingerprint density at radius 2 is 2.11 bits per heavy atom. The molecule has 0 radical (unpaired) electrons. The lowest BCUT2D eigenvalue weighted by atomic mass is 10.00. The highest BCUT2D eigenvalue weighted by Gasteiger charge is 2.24. The van der Waals surface area contributed by atoms with Gasteiger partial charge >= 0.3 is 5.97 Å². The van der Waals surface area contributed by atoms with Crippen molar-refractivity contribution in [2.24, 2.45) is 0 Å². The van der Waals surface area contributed by atoms with Crippen molar-refractivity contribution in [3.63, 3.8) is 0 Å². The molecule has 0 aliphatic carbocycles. The van der Waals surface area contributed by atoms with Crippen LogP contribution in [0, 0.1) is 6.92 Å². The Labute approximate surface area is 118 Å². The fourth-order valence-corrected chi connectivity index (χ4v) is 3.59. The molecule has 4 nitrogen and oxygen atoms in total. The quantitative estimate of drug-likeness (QED) is 0.891. The third-order valence-corrected chi connectivity index (χ3v) is 4.96. The standard InChI is InChI=1S/C14H22N2O2S/c1-9-5-4-6-10(2)16(9)15-8-12-7-13(14(17)18)19-11(12)3/h7,9-10,15H,4-6,8H2,1-3H3,(H,17,18). The van der Waals surface area contributed by atoms with Crippen molar-refractivity contribution < 1.29 is 9.90 Å². The summed E-state index contributed by atoms with van der Waals surface area (Å²) in [6.45, 7) is 7.18. The van der Waals surface area contributed by atoms with Gasteiger partial charge in [-0.15, -0.1) is 11.3 Å². The average molecular weight is 282 g/mol. The summed E-state index contributed by atoms with van der Waals surface area (Å²) in [5.74, 6) is -0.834. The minimum absolute atomic E-state index is 0.425. The number of aryl methyl sites for hydroxylation is 1. The Morgan fingerprint density at radius 3 is 2.63 bits per heavy atom. The van der Waals surface area contributed by atoms with E-state index in [-0.39, 0.29) is 0 Å². The van der Waals surface area contributed by atoms with Crippen molar-refractivity contribution in [3.8, 4) is 0 Å². The highest BCUT2D eigenvalue weighted by molar-refractivity contribution is 7.14. The third-order valence-electron chi connectivity index (χ3n) is 3.88. The number of piperidine rings is 1. The highest BCUT2D eigenvalue weighted by atomic mass is 32.1. The molecule has 0 spiro atoms. The number of thiophene rings is 1. The van der Waals surface area contributed by atoms with E-state index in [2.05, 4.69) is 24.3 Å². The van der Waals surface area contributed by atoms with Gasteiger partial charge in [-0.3, -0.25) is 5.43 Å². The van der Waals surface area contributed by atoms with E-state index in [1.165, 1.54) is 30.6 Å². The van der Waals surface area contributed by atoms with E-state index >= 15 is 0 Å². The Morgan fingerprint density at radius 1 is 1.47 bits per heavy atom. The maximum atomic E-state index is 11.0. The van der Waals surface area contributed by atoms with Gasteiger partial charge in [0, 0.05) is 23.5 Å². The number of nitrogens with zero attached hydrogens (tertiary/aromatic N) is 1. The van der Waals surface area contributed by atoms with Crippen LogP contribution in [0.4, 0.5) is 0 Å². The minimum atomic E-state index is -0.834. The second-order valence-electron chi connectivity index (χ2n) is 5.37. The van der Waals surface area contributed by atoms with Gasteiger partial charge in [0.2, 0.25) is 0 Å². The lowest BCUT2D eigenvalue weighted by molar-refractivity contribution is 0.0435. The summed E-state index contributed by atoms with van der Waals surface area (Å²) in [6.07, 6.45) is 3.74. The van der Waals surface area contributed by atoms with E-state index in [0.717, 1.165) is 10.4 Å². The van der Waals surface area contributed by atoms with E-state index in [4.69, 9.17) is 5.11 Å². The van der Waals surface area contributed by atoms with Crippen molar-refractivity contribution >= 4 is 17.3 Å². The number of aromatic carboxylic acids is 1. The molecule has 0 aromatic carbocycles. The van der Waals surface area contributed by atoms with Gasteiger partial charge < -0.3 is 5.11 Å². The molecule has 1 aromatic heterocycles. The van der Waals surface area contributed by atoms with Crippen LogP contribution < -0.4 is 5.43 Å². The average Bonchev–Trinajstić information content (AvgIpc) is 2.70. The zero-order valence-electron chi connectivity index (χ0n) is 11.8. The minimum Gasteiger partial charge on any atom is -0.477 e. The number of rotatable bonds is 4. The van der Waals surface area contributed by atoms with Gasteiger partial charge in [0.05, 0.1) is 0 Å². The molecule has 2 N–H and O–H groups in total. The largest absolute Gasteiger partial charge is 0.477 e. The van der Waals surface area contributed by atoms with Crippen LogP contribution in [0.25, 0.3) is 0 Å². The van der Waals surface area contributed by atoms with Crippen LogP contribution in [0.5, 0.6) is 0 Å². The van der Waals surface area contributed by atoms with E-state index in [1.54, 1.807) is 6.07 Å². The van der Waals surface area contributed by atoms with Gasteiger partial charge in [0.15, 0.2) is 0 Å². The maximum Gasteiger partial charge on any atom is 0.345 e. The summed E-state index contributed by atoms with van der Waals surface area (Å²) in [5, 5.41) is 11.3. The van der Waals surface area contributed by atoms with Crippen LogP contribution in [0.1, 0.15) is 53.2 Å². The molecule has 1 aromatic rings. The molecule has 19 heavy (non-hydrogen) atoms. The lowest BCUT2D eigenvalue weighted by Crippen LogP contribution is -2.51. The summed E-state index contributed by atoms with van der Waals surface area (Å²) < 4.78 is 0. The Hall–Kier alpha value is -0.910. The molecule has 5 heteroatoms. The van der Waals surface area contributed by atoms with Crippen LogP contribution in [-0.2, 0) is 6.54 Å². The Kier molecular flexibility index (Phi) is 4.60. The molecule has 2 heterocycles. The van der Waals surface area contributed by atoms with Crippen molar-refractivity contribution in [2.45, 2.75) is 58.7 Å². The van der Waals surface area contributed by atoms with Gasteiger partial charge in [-0.1, -0.05) is 6.42 Å². The molecule has 1 saturated heterocycles. The first-order chi connectivity index (χ1) is 8.99. The maximum absolute atomic E-state index is 11.0. The molecule has 0 bridgehead atoms. The monoisotopic (exact) mass is 282 g/mol. The van der Waals surface area contributed by atoms with E-state index in [9.17, 15) is 4.79 Å². The first-order valence-electron chi connectivity index (χ1n) is 6.83. The first kappa shape index (κ1) is 14.5. The number of carboxylic acid groups (broad SMARTS) is 1. The fraction of sp³-hybridized carbons (Fsp3) is 0.643. The van der Waals surface area contributed by atoms with E-state index in [0.29, 0.717) is 23.5 Å². The van der Waals surface area contributed by atoms with Crippen molar-refractivity contribution in [2.75, 3.05) is 0 Å². The molecule has 0 saturated carbocycles. The number of hydrazine groups is 1. The predicted octanol–water partition coefficient (Wildman–Crippen LogP) is 3.02. The zero-order chi connectivity index (χ0) is 14.0. The molecule has 1 aliphatic heterocycles. The second-order valence-corrected chi connectivity index (χ2v) is 6.62. The van der Waals surface area contributed by atoms with Crippen LogP contribution in [-0.4, -0.2) is 28.2 Å². The number of nitrogens with one attached hydrogen (secondary N) is 1. The van der Waals surface area contributed by atoms with Gasteiger partial charge in [-0.2, -0.15) is 0 Å². The SMILES string of the molecule is Cc1sc(C(=O)O)cc1CNN1C(C)CCCC1C. The van der Waals surface area contributed by atoms with Crippen molar-refractivity contribution in [1.82, 2.24) is 10.4 Å². The number of carbonyl (C=O) groups is 1. The number of hydrogen-bond donors (Lipinski definition) is 2. The molecule has 2 unspecified atom stereocenters. The number of hydrogen-bond acceptors (Lipinski definition) is 4. The summed E-state index contributed by atoms with van der Waals surface area (Å²) in [4.78, 5) is 12.5. The highest BCUT2D eigenvalue weighted by Crippen LogP contribution is 2.23. The first-order valence-corrected chi connectivity index (χ1v) is 7.65. The van der Waals surface area contributed by atoms with Crippen molar-refractivity contribution in [1.29, 1.82) is 0 Å². The van der Waals surface area contributed by atoms with Crippen LogP contribution in [0.3, 0.4) is 0 Å². The van der Waals surface area contributed by atoms with Gasteiger partial charge in [-0.25, -0.2) is 9.80 Å².